The van der Waals surface area contributed by atoms with Crippen molar-refractivity contribution in [2.75, 3.05) is 5.32 Å². The van der Waals surface area contributed by atoms with E-state index in [0.29, 0.717) is 22.5 Å². The molecule has 0 aliphatic rings. The number of fused-ring (bicyclic) bond motifs is 1. The van der Waals surface area contributed by atoms with Gasteiger partial charge in [-0.15, -0.1) is 0 Å². The molecule has 1 aromatic heterocycles. The number of ether oxygens (including phenoxy) is 1. The van der Waals surface area contributed by atoms with Crippen LogP contribution in [0.5, 0.6) is 11.5 Å². The van der Waals surface area contributed by atoms with Gasteiger partial charge in [-0.1, -0.05) is 18.2 Å². The third-order valence-electron chi connectivity index (χ3n) is 3.71. The van der Waals surface area contributed by atoms with Crippen LogP contribution in [0.4, 0.5) is 17.1 Å². The van der Waals surface area contributed by atoms with Gasteiger partial charge < -0.3 is 10.1 Å². The molecule has 4 rings (SSSR count). The zero-order valence-corrected chi connectivity index (χ0v) is 13.3. The van der Waals surface area contributed by atoms with Gasteiger partial charge in [0.05, 0.1) is 4.92 Å². The molecule has 0 bridgehead atoms. The molecular formula is C18H12N4O4. The maximum absolute atomic E-state index is 11.3. The quantitative estimate of drug-likeness (QED) is 0.413. The molecule has 8 heteroatoms. The lowest BCUT2D eigenvalue weighted by Crippen LogP contribution is -1.98. The van der Waals surface area contributed by atoms with E-state index in [4.69, 9.17) is 4.74 Å². The Bertz CT molecular complexity index is 1060. The predicted octanol–water partition coefficient (Wildman–Crippen LogP) is 4.67. The van der Waals surface area contributed by atoms with Crippen molar-refractivity contribution in [1.29, 1.82) is 0 Å². The fourth-order valence-corrected chi connectivity index (χ4v) is 2.49. The predicted molar refractivity (Wildman–Crippen MR) is 94.7 cm³/mol. The Morgan fingerprint density at radius 1 is 0.923 bits per heavy atom. The number of benzene rings is 3. The van der Waals surface area contributed by atoms with Crippen molar-refractivity contribution in [2.24, 2.45) is 0 Å². The van der Waals surface area contributed by atoms with E-state index in [0.717, 1.165) is 5.75 Å². The Kier molecular flexibility index (Phi) is 3.91. The molecular weight excluding hydrogens is 336 g/mol. The lowest BCUT2D eigenvalue weighted by molar-refractivity contribution is -0.383. The molecule has 1 N–H and O–H groups in total. The molecule has 0 unspecified atom stereocenters. The number of nitro benzene ring substituents is 1. The first-order valence-electron chi connectivity index (χ1n) is 7.70. The van der Waals surface area contributed by atoms with E-state index in [-0.39, 0.29) is 11.4 Å². The van der Waals surface area contributed by atoms with Crippen LogP contribution >= 0.6 is 0 Å². The van der Waals surface area contributed by atoms with Crippen LogP contribution in [0.15, 0.2) is 71.4 Å². The van der Waals surface area contributed by atoms with Gasteiger partial charge in [-0.2, -0.15) is 0 Å². The Hall–Kier alpha value is -3.94. The molecule has 0 aliphatic carbocycles. The Morgan fingerprint density at radius 2 is 1.65 bits per heavy atom. The summed E-state index contributed by atoms with van der Waals surface area (Å²) >= 11 is 0. The van der Waals surface area contributed by atoms with E-state index in [2.05, 4.69) is 20.3 Å². The molecule has 4 aromatic rings. The summed E-state index contributed by atoms with van der Waals surface area (Å²) in [5.41, 5.74) is 1.48. The van der Waals surface area contributed by atoms with Gasteiger partial charge in [0.15, 0.2) is 5.52 Å². The maximum Gasteiger partial charge on any atom is 0.295 e. The van der Waals surface area contributed by atoms with Crippen LogP contribution in [0, 0.1) is 10.1 Å². The number of para-hydroxylation sites is 1. The maximum atomic E-state index is 11.3. The highest BCUT2D eigenvalue weighted by Crippen LogP contribution is 2.34. The number of nitrogens with one attached hydrogen (secondary N) is 1. The van der Waals surface area contributed by atoms with Crippen molar-refractivity contribution in [3.63, 3.8) is 0 Å². The van der Waals surface area contributed by atoms with Gasteiger partial charge in [0.2, 0.25) is 0 Å². The smallest absolute Gasteiger partial charge is 0.295 e. The molecule has 3 aromatic carbocycles. The highest BCUT2D eigenvalue weighted by Gasteiger charge is 2.20. The summed E-state index contributed by atoms with van der Waals surface area (Å²) in [5, 5.41) is 21.8. The highest BCUT2D eigenvalue weighted by molar-refractivity contribution is 5.94. The summed E-state index contributed by atoms with van der Waals surface area (Å²) in [5.74, 6) is 1.37. The van der Waals surface area contributed by atoms with E-state index in [9.17, 15) is 10.1 Å². The first-order valence-corrected chi connectivity index (χ1v) is 7.70. The summed E-state index contributed by atoms with van der Waals surface area (Å²) in [6.07, 6.45) is 0. The highest BCUT2D eigenvalue weighted by atomic mass is 16.6. The van der Waals surface area contributed by atoms with Crippen molar-refractivity contribution < 1.29 is 14.3 Å². The van der Waals surface area contributed by atoms with E-state index in [1.54, 1.807) is 24.3 Å². The number of hydrogen-bond donors (Lipinski definition) is 1. The monoisotopic (exact) mass is 348 g/mol. The summed E-state index contributed by atoms with van der Waals surface area (Å²) in [6.45, 7) is 0. The molecule has 0 radical (unpaired) electrons. The third kappa shape index (κ3) is 3.03. The summed E-state index contributed by atoms with van der Waals surface area (Å²) in [6, 6.07) is 19.3. The summed E-state index contributed by atoms with van der Waals surface area (Å²) < 4.78 is 10.4. The molecule has 0 atom stereocenters. The van der Waals surface area contributed by atoms with E-state index >= 15 is 0 Å². The molecule has 0 fully saturated rings. The second-order valence-electron chi connectivity index (χ2n) is 5.41. The molecule has 8 nitrogen and oxygen atoms in total. The normalized spacial score (nSPS) is 10.6. The van der Waals surface area contributed by atoms with Crippen LogP contribution in [-0.4, -0.2) is 15.2 Å². The summed E-state index contributed by atoms with van der Waals surface area (Å²) in [7, 11) is 0. The number of nitro groups is 1. The van der Waals surface area contributed by atoms with Crippen molar-refractivity contribution in [2.45, 2.75) is 0 Å². The SMILES string of the molecule is O=[N+]([O-])c1ccc2nonc2c1Nc1ccc(Oc2ccccc2)cc1. The zero-order chi connectivity index (χ0) is 17.9. The van der Waals surface area contributed by atoms with E-state index in [1.165, 1.54) is 12.1 Å². The van der Waals surface area contributed by atoms with Crippen molar-refractivity contribution >= 4 is 28.1 Å². The molecule has 128 valence electrons. The number of rotatable bonds is 5. The van der Waals surface area contributed by atoms with E-state index < -0.39 is 4.92 Å². The zero-order valence-electron chi connectivity index (χ0n) is 13.3. The van der Waals surface area contributed by atoms with Gasteiger partial charge in [0, 0.05) is 11.8 Å². The standard InChI is InChI=1S/C18H12N4O4/c23-22(24)16-11-10-15-17(21-26-20-15)18(16)19-12-6-8-14(9-7-12)25-13-4-2-1-3-5-13/h1-11,19H. The molecule has 0 saturated heterocycles. The molecule has 0 spiro atoms. The fourth-order valence-electron chi connectivity index (χ4n) is 2.49. The van der Waals surface area contributed by atoms with Crippen LogP contribution < -0.4 is 10.1 Å². The van der Waals surface area contributed by atoms with Crippen molar-refractivity contribution in [1.82, 2.24) is 10.3 Å². The lowest BCUT2D eigenvalue weighted by Gasteiger charge is -2.09. The number of hydrogen-bond acceptors (Lipinski definition) is 7. The summed E-state index contributed by atoms with van der Waals surface area (Å²) in [4.78, 5) is 10.8. The first-order chi connectivity index (χ1) is 12.7. The Balaban J connectivity index is 1.62. The second kappa shape index (κ2) is 6.52. The van der Waals surface area contributed by atoms with Crippen LogP contribution in [0.1, 0.15) is 0 Å². The van der Waals surface area contributed by atoms with Gasteiger partial charge in [-0.05, 0) is 52.8 Å². The van der Waals surface area contributed by atoms with Crippen LogP contribution in [0.3, 0.4) is 0 Å². The minimum Gasteiger partial charge on any atom is -0.457 e. The number of aromatic nitrogens is 2. The molecule has 1 heterocycles. The molecule has 0 amide bonds. The van der Waals surface area contributed by atoms with Crippen LogP contribution in [0.2, 0.25) is 0 Å². The Labute approximate surface area is 147 Å². The largest absolute Gasteiger partial charge is 0.457 e. The first kappa shape index (κ1) is 15.6. The van der Waals surface area contributed by atoms with Crippen LogP contribution in [0.25, 0.3) is 11.0 Å². The minimum atomic E-state index is -0.483. The lowest BCUT2D eigenvalue weighted by atomic mass is 10.2. The van der Waals surface area contributed by atoms with Gasteiger partial charge in [-0.25, -0.2) is 4.63 Å². The van der Waals surface area contributed by atoms with E-state index in [1.807, 2.05) is 30.3 Å². The van der Waals surface area contributed by atoms with Crippen molar-refractivity contribution in [3.8, 4) is 11.5 Å². The van der Waals surface area contributed by atoms with Gasteiger partial charge in [0.1, 0.15) is 22.7 Å². The molecule has 0 saturated carbocycles. The fraction of sp³-hybridized carbons (Fsp3) is 0. The average molecular weight is 348 g/mol. The third-order valence-corrected chi connectivity index (χ3v) is 3.71. The van der Waals surface area contributed by atoms with Crippen LogP contribution in [-0.2, 0) is 0 Å². The topological polar surface area (TPSA) is 103 Å². The number of anilines is 2. The average Bonchev–Trinajstić information content (AvgIpc) is 3.13. The minimum absolute atomic E-state index is 0.113. The van der Waals surface area contributed by atoms with Crippen molar-refractivity contribution in [3.05, 3.63) is 76.8 Å². The van der Waals surface area contributed by atoms with Gasteiger partial charge in [-0.3, -0.25) is 10.1 Å². The second-order valence-corrected chi connectivity index (χ2v) is 5.41. The van der Waals surface area contributed by atoms with Gasteiger partial charge in [0.25, 0.3) is 5.69 Å². The Morgan fingerprint density at radius 3 is 2.38 bits per heavy atom. The number of nitrogens with zero attached hydrogens (tertiary/aromatic N) is 3. The molecule has 26 heavy (non-hydrogen) atoms. The van der Waals surface area contributed by atoms with Gasteiger partial charge >= 0.3 is 0 Å². The molecule has 0 aliphatic heterocycles.